The SMILES string of the molecule is COc1cc(-c2ccccc2)nc2ccc(NC(=O)C3CCCC3)cc12. The molecular weight excluding hydrogens is 324 g/mol. The van der Waals surface area contributed by atoms with Crippen molar-refractivity contribution in [3.8, 4) is 17.0 Å². The lowest BCUT2D eigenvalue weighted by molar-refractivity contribution is -0.119. The smallest absolute Gasteiger partial charge is 0.227 e. The minimum absolute atomic E-state index is 0.120. The van der Waals surface area contributed by atoms with Crippen molar-refractivity contribution in [2.45, 2.75) is 25.7 Å². The minimum atomic E-state index is 0.120. The molecule has 1 aliphatic rings. The zero-order valence-corrected chi connectivity index (χ0v) is 14.9. The van der Waals surface area contributed by atoms with Crippen LogP contribution >= 0.6 is 0 Å². The van der Waals surface area contributed by atoms with E-state index < -0.39 is 0 Å². The quantitative estimate of drug-likeness (QED) is 0.720. The maximum absolute atomic E-state index is 12.4. The standard InChI is InChI=1S/C22H22N2O2/c1-26-21-14-20(15-7-3-2-4-8-15)24-19-12-11-17(13-18(19)21)23-22(25)16-9-5-6-10-16/h2-4,7-8,11-14,16H,5-6,9-10H2,1H3,(H,23,25). The van der Waals surface area contributed by atoms with Crippen molar-refractivity contribution in [1.29, 1.82) is 0 Å². The number of carbonyl (C=O) groups excluding carboxylic acids is 1. The average molecular weight is 346 g/mol. The summed E-state index contributed by atoms with van der Waals surface area (Å²) in [4.78, 5) is 17.1. The number of pyridine rings is 1. The second-order valence-electron chi connectivity index (χ2n) is 6.78. The van der Waals surface area contributed by atoms with Crippen molar-refractivity contribution in [2.75, 3.05) is 12.4 Å². The summed E-state index contributed by atoms with van der Waals surface area (Å²) >= 11 is 0. The fraction of sp³-hybridized carbons (Fsp3) is 0.273. The number of anilines is 1. The molecule has 0 unspecified atom stereocenters. The summed E-state index contributed by atoms with van der Waals surface area (Å²) in [6.45, 7) is 0. The first-order valence-electron chi connectivity index (χ1n) is 9.09. The fourth-order valence-electron chi connectivity index (χ4n) is 3.63. The van der Waals surface area contributed by atoms with E-state index in [2.05, 4.69) is 5.32 Å². The number of nitrogens with one attached hydrogen (secondary N) is 1. The number of carbonyl (C=O) groups is 1. The minimum Gasteiger partial charge on any atom is -0.496 e. The van der Waals surface area contributed by atoms with E-state index in [0.717, 1.165) is 59.3 Å². The number of hydrogen-bond acceptors (Lipinski definition) is 3. The highest BCUT2D eigenvalue weighted by Crippen LogP contribution is 2.32. The van der Waals surface area contributed by atoms with Gasteiger partial charge in [-0.15, -0.1) is 0 Å². The summed E-state index contributed by atoms with van der Waals surface area (Å²) in [5.74, 6) is 1.02. The average Bonchev–Trinajstić information content (AvgIpc) is 3.23. The molecule has 0 bridgehead atoms. The molecule has 26 heavy (non-hydrogen) atoms. The molecule has 132 valence electrons. The third-order valence-corrected chi connectivity index (χ3v) is 5.05. The van der Waals surface area contributed by atoms with Crippen molar-refractivity contribution in [2.24, 2.45) is 5.92 Å². The molecule has 1 amide bonds. The number of rotatable bonds is 4. The van der Waals surface area contributed by atoms with Crippen LogP contribution in [0.2, 0.25) is 0 Å². The predicted octanol–water partition coefficient (Wildman–Crippen LogP) is 5.04. The van der Waals surface area contributed by atoms with Crippen molar-refractivity contribution in [3.05, 3.63) is 54.6 Å². The van der Waals surface area contributed by atoms with Crippen LogP contribution in [0.1, 0.15) is 25.7 Å². The second kappa shape index (κ2) is 7.16. The molecule has 3 aromatic rings. The molecule has 4 heteroatoms. The Morgan fingerprint density at radius 2 is 1.85 bits per heavy atom. The molecule has 4 nitrogen and oxygen atoms in total. The summed E-state index contributed by atoms with van der Waals surface area (Å²) in [7, 11) is 1.66. The molecule has 2 aromatic carbocycles. The normalized spacial score (nSPS) is 14.5. The van der Waals surface area contributed by atoms with Gasteiger partial charge in [0.2, 0.25) is 5.91 Å². The molecule has 1 saturated carbocycles. The van der Waals surface area contributed by atoms with Gasteiger partial charge in [0, 0.05) is 28.6 Å². The third-order valence-electron chi connectivity index (χ3n) is 5.05. The maximum atomic E-state index is 12.4. The molecule has 0 aliphatic heterocycles. The van der Waals surface area contributed by atoms with Gasteiger partial charge < -0.3 is 10.1 Å². The van der Waals surface area contributed by atoms with E-state index in [4.69, 9.17) is 9.72 Å². The Morgan fingerprint density at radius 1 is 1.08 bits per heavy atom. The van der Waals surface area contributed by atoms with Crippen LogP contribution in [0.3, 0.4) is 0 Å². The first-order chi connectivity index (χ1) is 12.7. The molecule has 1 aromatic heterocycles. The Labute approximate surface area is 153 Å². The van der Waals surface area contributed by atoms with Gasteiger partial charge >= 0.3 is 0 Å². The van der Waals surface area contributed by atoms with Gasteiger partial charge in [0.15, 0.2) is 0 Å². The molecule has 0 radical (unpaired) electrons. The van der Waals surface area contributed by atoms with Gasteiger partial charge in [0.25, 0.3) is 0 Å². The molecule has 0 atom stereocenters. The van der Waals surface area contributed by atoms with E-state index in [9.17, 15) is 4.79 Å². The van der Waals surface area contributed by atoms with Gasteiger partial charge in [-0.3, -0.25) is 4.79 Å². The highest BCUT2D eigenvalue weighted by molar-refractivity contribution is 5.97. The van der Waals surface area contributed by atoms with Gasteiger partial charge in [0.05, 0.1) is 18.3 Å². The predicted molar refractivity (Wildman–Crippen MR) is 104 cm³/mol. The van der Waals surface area contributed by atoms with Crippen molar-refractivity contribution < 1.29 is 9.53 Å². The first-order valence-corrected chi connectivity index (χ1v) is 9.09. The topological polar surface area (TPSA) is 51.2 Å². The summed E-state index contributed by atoms with van der Waals surface area (Å²) in [6, 6.07) is 17.8. The van der Waals surface area contributed by atoms with Crippen LogP contribution in [0.15, 0.2) is 54.6 Å². The number of ether oxygens (including phenoxy) is 1. The Balaban J connectivity index is 1.68. The number of fused-ring (bicyclic) bond motifs is 1. The van der Waals surface area contributed by atoms with Crippen LogP contribution in [-0.4, -0.2) is 18.0 Å². The molecule has 0 spiro atoms. The first kappa shape index (κ1) is 16.6. The molecule has 4 rings (SSSR count). The Bertz CT molecular complexity index is 932. The van der Waals surface area contributed by atoms with Gasteiger partial charge in [-0.05, 0) is 31.0 Å². The molecule has 1 N–H and O–H groups in total. The second-order valence-corrected chi connectivity index (χ2v) is 6.78. The third kappa shape index (κ3) is 3.27. The van der Waals surface area contributed by atoms with E-state index in [1.54, 1.807) is 7.11 Å². The van der Waals surface area contributed by atoms with Crippen LogP contribution in [0, 0.1) is 5.92 Å². The van der Waals surface area contributed by atoms with Crippen LogP contribution in [0.25, 0.3) is 22.2 Å². The number of nitrogens with zero attached hydrogens (tertiary/aromatic N) is 1. The Morgan fingerprint density at radius 3 is 2.58 bits per heavy atom. The van der Waals surface area contributed by atoms with E-state index in [0.29, 0.717) is 0 Å². The monoisotopic (exact) mass is 346 g/mol. The Kier molecular flexibility index (Phi) is 4.57. The van der Waals surface area contributed by atoms with Crippen LogP contribution in [-0.2, 0) is 4.79 Å². The number of hydrogen-bond donors (Lipinski definition) is 1. The van der Waals surface area contributed by atoms with E-state index in [-0.39, 0.29) is 11.8 Å². The lowest BCUT2D eigenvalue weighted by atomic mass is 10.1. The molecule has 1 heterocycles. The number of aromatic nitrogens is 1. The van der Waals surface area contributed by atoms with Gasteiger partial charge in [0.1, 0.15) is 5.75 Å². The largest absolute Gasteiger partial charge is 0.496 e. The lowest BCUT2D eigenvalue weighted by Gasteiger charge is -2.13. The van der Waals surface area contributed by atoms with E-state index in [1.807, 2.05) is 54.6 Å². The van der Waals surface area contributed by atoms with Crippen LogP contribution in [0.4, 0.5) is 5.69 Å². The lowest BCUT2D eigenvalue weighted by Crippen LogP contribution is -2.20. The van der Waals surface area contributed by atoms with E-state index in [1.165, 1.54) is 0 Å². The maximum Gasteiger partial charge on any atom is 0.227 e. The summed E-state index contributed by atoms with van der Waals surface area (Å²) in [6.07, 6.45) is 4.28. The number of benzene rings is 2. The summed E-state index contributed by atoms with van der Waals surface area (Å²) in [5.41, 5.74) is 3.56. The van der Waals surface area contributed by atoms with Crippen LogP contribution in [0.5, 0.6) is 5.75 Å². The molecule has 0 saturated heterocycles. The van der Waals surface area contributed by atoms with Crippen molar-refractivity contribution in [1.82, 2.24) is 4.98 Å². The van der Waals surface area contributed by atoms with Gasteiger partial charge in [-0.2, -0.15) is 0 Å². The molecule has 1 fully saturated rings. The zero-order chi connectivity index (χ0) is 17.9. The van der Waals surface area contributed by atoms with Gasteiger partial charge in [-0.1, -0.05) is 43.2 Å². The van der Waals surface area contributed by atoms with Crippen LogP contribution < -0.4 is 10.1 Å². The summed E-state index contributed by atoms with van der Waals surface area (Å²) < 4.78 is 5.60. The fourth-order valence-corrected chi connectivity index (χ4v) is 3.63. The highest BCUT2D eigenvalue weighted by Gasteiger charge is 2.22. The van der Waals surface area contributed by atoms with Gasteiger partial charge in [-0.25, -0.2) is 4.98 Å². The van der Waals surface area contributed by atoms with Crippen molar-refractivity contribution in [3.63, 3.8) is 0 Å². The Hall–Kier alpha value is -2.88. The molecular formula is C22H22N2O2. The highest BCUT2D eigenvalue weighted by atomic mass is 16.5. The zero-order valence-electron chi connectivity index (χ0n) is 14.9. The number of amides is 1. The number of methoxy groups -OCH3 is 1. The summed E-state index contributed by atoms with van der Waals surface area (Å²) in [5, 5.41) is 3.95. The molecule has 1 aliphatic carbocycles. The van der Waals surface area contributed by atoms with Crippen molar-refractivity contribution >= 4 is 22.5 Å². The van der Waals surface area contributed by atoms with E-state index >= 15 is 0 Å².